The van der Waals surface area contributed by atoms with Crippen LogP contribution in [0.15, 0.2) is 42.5 Å². The fourth-order valence-electron chi connectivity index (χ4n) is 3.16. The molecule has 0 heterocycles. The van der Waals surface area contributed by atoms with Crippen molar-refractivity contribution in [2.75, 3.05) is 6.54 Å². The Morgan fingerprint density at radius 3 is 2.03 bits per heavy atom. The van der Waals surface area contributed by atoms with Crippen LogP contribution in [-0.2, 0) is 14.3 Å². The van der Waals surface area contributed by atoms with E-state index < -0.39 is 23.5 Å². The van der Waals surface area contributed by atoms with E-state index in [1.54, 1.807) is 51.1 Å². The average molecular weight is 512 g/mol. The van der Waals surface area contributed by atoms with Gasteiger partial charge in [0.15, 0.2) is 11.5 Å². The molecule has 202 valence electrons. The predicted molar refractivity (Wildman–Crippen MR) is 144 cm³/mol. The first-order valence-electron chi connectivity index (χ1n) is 12.6. The number of hydrogen-bond acceptors (Lipinski definition) is 7. The van der Waals surface area contributed by atoms with E-state index in [2.05, 4.69) is 5.32 Å². The Balaban J connectivity index is 2.44. The molecule has 1 atom stereocenters. The topological polar surface area (TPSA) is 90.9 Å². The third-order valence-electron chi connectivity index (χ3n) is 5.31. The number of aryl methyl sites for hydroxylation is 1. The summed E-state index contributed by atoms with van der Waals surface area (Å²) < 4.78 is 17.1. The molecule has 2 aromatic rings. The Labute approximate surface area is 220 Å². The van der Waals surface area contributed by atoms with Crippen LogP contribution in [0, 0.1) is 18.3 Å². The molecule has 1 N–H and O–H groups in total. The molecule has 0 aliphatic carbocycles. The first kappa shape index (κ1) is 30.0. The number of rotatable bonds is 9. The van der Waals surface area contributed by atoms with Crippen molar-refractivity contribution in [1.29, 1.82) is 0 Å². The van der Waals surface area contributed by atoms with Crippen LogP contribution >= 0.6 is 0 Å². The number of hydrogen-bond donors (Lipinski definition) is 1. The number of carbonyl (C=O) groups is 3. The van der Waals surface area contributed by atoms with Gasteiger partial charge in [-0.2, -0.15) is 0 Å². The summed E-state index contributed by atoms with van der Waals surface area (Å²) in [6, 6.07) is 11.9. The molecule has 0 fully saturated rings. The molecule has 7 heteroatoms. The van der Waals surface area contributed by atoms with Crippen LogP contribution in [0.25, 0.3) is 0 Å². The zero-order chi connectivity index (χ0) is 28.0. The minimum atomic E-state index is -0.787. The Hall–Kier alpha value is -3.19. The number of carbonyl (C=O) groups excluding carboxylic acids is 3. The van der Waals surface area contributed by atoms with E-state index in [4.69, 9.17) is 14.2 Å². The Bertz CT molecular complexity index is 1090. The van der Waals surface area contributed by atoms with Crippen LogP contribution in [0.2, 0.25) is 0 Å². The van der Waals surface area contributed by atoms with Gasteiger partial charge in [-0.05, 0) is 84.2 Å². The molecule has 2 rings (SSSR count). The van der Waals surface area contributed by atoms with Gasteiger partial charge in [-0.25, -0.2) is 4.79 Å². The maximum atomic E-state index is 12.8. The molecule has 2 aromatic carbocycles. The molecule has 7 nitrogen and oxygen atoms in total. The maximum Gasteiger partial charge on any atom is 0.343 e. The van der Waals surface area contributed by atoms with E-state index in [0.717, 1.165) is 5.56 Å². The van der Waals surface area contributed by atoms with Gasteiger partial charge in [0.1, 0.15) is 6.10 Å². The Morgan fingerprint density at radius 1 is 0.865 bits per heavy atom. The summed E-state index contributed by atoms with van der Waals surface area (Å²) in [5.41, 5.74) is 1.000. The second-order valence-corrected chi connectivity index (χ2v) is 11.8. The average Bonchev–Trinajstić information content (AvgIpc) is 2.76. The molecule has 0 aliphatic rings. The van der Waals surface area contributed by atoms with Crippen molar-refractivity contribution in [3.05, 3.63) is 59.2 Å². The molecule has 0 amide bonds. The van der Waals surface area contributed by atoms with Crippen LogP contribution in [0.4, 0.5) is 0 Å². The lowest BCUT2D eigenvalue weighted by atomic mass is 9.97. The number of benzene rings is 2. The monoisotopic (exact) mass is 511 g/mol. The zero-order valence-electron chi connectivity index (χ0n) is 23.6. The predicted octanol–water partition coefficient (Wildman–Crippen LogP) is 6.18. The third-order valence-corrected chi connectivity index (χ3v) is 5.31. The second-order valence-electron chi connectivity index (χ2n) is 11.8. The summed E-state index contributed by atoms with van der Waals surface area (Å²) in [7, 11) is 0. The normalized spacial score (nSPS) is 12.7. The standard InChI is InChI=1S/C30H41NO6/c1-19(2)16-26(32)35-25(18-31-30(7,8)9)22-14-15-23(24(17-22)37-28(34)29(4,5)6)36-27(33)21-12-10-20(3)11-13-21/h10-15,17,19,25,31H,16,18H2,1-9H3. The van der Waals surface area contributed by atoms with Crippen LogP contribution in [0.3, 0.4) is 0 Å². The van der Waals surface area contributed by atoms with Gasteiger partial charge in [-0.3, -0.25) is 9.59 Å². The minimum Gasteiger partial charge on any atom is -0.456 e. The van der Waals surface area contributed by atoms with Gasteiger partial charge in [0, 0.05) is 18.5 Å². The van der Waals surface area contributed by atoms with Crippen molar-refractivity contribution < 1.29 is 28.6 Å². The van der Waals surface area contributed by atoms with Crippen LogP contribution in [0.1, 0.15) is 89.4 Å². The highest BCUT2D eigenvalue weighted by molar-refractivity contribution is 5.91. The van der Waals surface area contributed by atoms with Gasteiger partial charge in [0.05, 0.1) is 11.0 Å². The van der Waals surface area contributed by atoms with Gasteiger partial charge in [-0.1, -0.05) is 37.6 Å². The summed E-state index contributed by atoms with van der Waals surface area (Å²) in [4.78, 5) is 38.1. The summed E-state index contributed by atoms with van der Waals surface area (Å²) in [5, 5.41) is 3.37. The molecule has 0 spiro atoms. The van der Waals surface area contributed by atoms with Crippen LogP contribution < -0.4 is 14.8 Å². The lowest BCUT2D eigenvalue weighted by Crippen LogP contribution is -2.39. The Morgan fingerprint density at radius 2 is 1.49 bits per heavy atom. The fourth-order valence-corrected chi connectivity index (χ4v) is 3.16. The minimum absolute atomic E-state index is 0.0820. The smallest absolute Gasteiger partial charge is 0.343 e. The van der Waals surface area contributed by atoms with Crippen molar-refractivity contribution in [1.82, 2.24) is 5.32 Å². The van der Waals surface area contributed by atoms with E-state index in [-0.39, 0.29) is 35.3 Å². The van der Waals surface area contributed by atoms with Gasteiger partial charge in [0.2, 0.25) is 0 Å². The van der Waals surface area contributed by atoms with Gasteiger partial charge in [-0.15, -0.1) is 0 Å². The van der Waals surface area contributed by atoms with Crippen molar-refractivity contribution in [2.24, 2.45) is 11.3 Å². The molecule has 0 aliphatic heterocycles. The molecule has 0 radical (unpaired) electrons. The first-order valence-corrected chi connectivity index (χ1v) is 12.6. The SMILES string of the molecule is Cc1ccc(C(=O)Oc2ccc(C(CNC(C)(C)C)OC(=O)CC(C)C)cc2OC(=O)C(C)(C)C)cc1. The molecular weight excluding hydrogens is 470 g/mol. The van der Waals surface area contributed by atoms with Gasteiger partial charge >= 0.3 is 17.9 Å². The number of nitrogens with one attached hydrogen (secondary N) is 1. The first-order chi connectivity index (χ1) is 17.0. The third kappa shape index (κ3) is 10.00. The zero-order valence-corrected chi connectivity index (χ0v) is 23.6. The van der Waals surface area contributed by atoms with Gasteiger partial charge < -0.3 is 19.5 Å². The van der Waals surface area contributed by atoms with E-state index in [0.29, 0.717) is 17.7 Å². The van der Waals surface area contributed by atoms with Crippen LogP contribution in [0.5, 0.6) is 11.5 Å². The van der Waals surface area contributed by atoms with E-state index in [1.807, 2.05) is 53.7 Å². The van der Waals surface area contributed by atoms with Crippen molar-refractivity contribution in [3.8, 4) is 11.5 Å². The van der Waals surface area contributed by atoms with E-state index >= 15 is 0 Å². The lowest BCUT2D eigenvalue weighted by molar-refractivity contribution is -0.150. The lowest BCUT2D eigenvalue weighted by Gasteiger charge is -2.26. The van der Waals surface area contributed by atoms with Crippen molar-refractivity contribution >= 4 is 17.9 Å². The quantitative estimate of drug-likeness (QED) is 0.317. The molecule has 37 heavy (non-hydrogen) atoms. The Kier molecular flexibility index (Phi) is 10.0. The summed E-state index contributed by atoms with van der Waals surface area (Å²) >= 11 is 0. The van der Waals surface area contributed by atoms with Crippen molar-refractivity contribution in [2.45, 2.75) is 80.4 Å². The highest BCUT2D eigenvalue weighted by Gasteiger charge is 2.27. The van der Waals surface area contributed by atoms with E-state index in [1.165, 1.54) is 0 Å². The molecule has 0 bridgehead atoms. The molecular formula is C30H41NO6. The highest BCUT2D eigenvalue weighted by Crippen LogP contribution is 2.34. The second kappa shape index (κ2) is 12.4. The highest BCUT2D eigenvalue weighted by atomic mass is 16.6. The molecule has 0 saturated heterocycles. The van der Waals surface area contributed by atoms with E-state index in [9.17, 15) is 14.4 Å². The fraction of sp³-hybridized carbons (Fsp3) is 0.500. The number of esters is 3. The summed E-state index contributed by atoms with van der Waals surface area (Å²) in [5.74, 6) is -1.05. The molecule has 0 saturated carbocycles. The summed E-state index contributed by atoms with van der Waals surface area (Å²) in [6.45, 7) is 17.4. The maximum absolute atomic E-state index is 12.8. The largest absolute Gasteiger partial charge is 0.456 e. The molecule has 0 aromatic heterocycles. The van der Waals surface area contributed by atoms with Crippen molar-refractivity contribution in [3.63, 3.8) is 0 Å². The van der Waals surface area contributed by atoms with Gasteiger partial charge in [0.25, 0.3) is 0 Å². The molecule has 1 unspecified atom stereocenters. The van der Waals surface area contributed by atoms with Crippen LogP contribution in [-0.4, -0.2) is 30.0 Å². The summed E-state index contributed by atoms with van der Waals surface area (Å²) in [6.07, 6.45) is -0.358. The number of ether oxygens (including phenoxy) is 3.